The number of hydrogen-bond acceptors (Lipinski definition) is 11. The van der Waals surface area contributed by atoms with Crippen molar-refractivity contribution in [1.82, 2.24) is 0 Å². The number of carbonyl (C=O) groups excluding carboxylic acids is 2. The molecule has 11 heteroatoms. The molecule has 0 amide bonds. The number of hydrogen-bond donors (Lipinski definition) is 5. The van der Waals surface area contributed by atoms with Crippen LogP contribution in [0.5, 0.6) is 11.5 Å². The number of cyclic esters (lactones) is 1. The Morgan fingerprint density at radius 3 is 2.53 bits per heavy atom. The van der Waals surface area contributed by atoms with Gasteiger partial charge < -0.3 is 44.5 Å². The number of phenols is 1. The van der Waals surface area contributed by atoms with Crippen molar-refractivity contribution >= 4 is 11.9 Å². The second-order valence-corrected chi connectivity index (χ2v) is 8.36. The minimum Gasteiger partial charge on any atom is -0.507 e. The first kappa shape index (κ1) is 25.9. The third-order valence-corrected chi connectivity index (χ3v) is 6.12. The molecule has 1 aromatic carbocycles. The van der Waals surface area contributed by atoms with E-state index < -0.39 is 49.3 Å². The van der Waals surface area contributed by atoms with Crippen molar-refractivity contribution in [2.24, 2.45) is 0 Å². The average molecular weight is 482 g/mol. The van der Waals surface area contributed by atoms with Gasteiger partial charge in [-0.1, -0.05) is 11.6 Å². The fourth-order valence-corrected chi connectivity index (χ4v) is 4.06. The molecule has 5 N–H and O–H groups in total. The molecular formula is C23H30O11. The van der Waals surface area contributed by atoms with Crippen LogP contribution in [0.15, 0.2) is 11.6 Å². The maximum Gasteiger partial charge on any atom is 0.342 e. The minimum absolute atomic E-state index is 0.0734. The molecular weight excluding hydrogens is 452 g/mol. The molecule has 1 saturated heterocycles. The number of benzene rings is 1. The third kappa shape index (κ3) is 5.03. The van der Waals surface area contributed by atoms with Crippen LogP contribution in [0.3, 0.4) is 0 Å². The van der Waals surface area contributed by atoms with Gasteiger partial charge in [0.25, 0.3) is 0 Å². The molecule has 0 radical (unpaired) electrons. The number of allylic oxidation sites excluding steroid dienone is 2. The molecule has 2 unspecified atom stereocenters. The fourth-order valence-electron chi connectivity index (χ4n) is 4.06. The molecule has 34 heavy (non-hydrogen) atoms. The van der Waals surface area contributed by atoms with Gasteiger partial charge in [0, 0.05) is 17.5 Å². The first-order chi connectivity index (χ1) is 16.1. The normalized spacial score (nSPS) is 26.7. The first-order valence-corrected chi connectivity index (χ1v) is 10.8. The zero-order chi connectivity index (χ0) is 25.2. The molecule has 5 atom stereocenters. The lowest BCUT2D eigenvalue weighted by molar-refractivity contribution is -0.292. The summed E-state index contributed by atoms with van der Waals surface area (Å²) in [5, 5.41) is 49.4. The number of methoxy groups -OCH3 is 1. The number of carbonyl (C=O) groups is 2. The van der Waals surface area contributed by atoms with Crippen LogP contribution in [-0.2, 0) is 32.0 Å². The summed E-state index contributed by atoms with van der Waals surface area (Å²) in [7, 11) is 1.47. The molecule has 2 heterocycles. The predicted octanol–water partition coefficient (Wildman–Crippen LogP) is -0.00828. The Kier molecular flexibility index (Phi) is 8.16. The van der Waals surface area contributed by atoms with E-state index in [9.17, 15) is 35.1 Å². The van der Waals surface area contributed by atoms with Gasteiger partial charge in [0.1, 0.15) is 48.1 Å². The maximum absolute atomic E-state index is 12.2. The van der Waals surface area contributed by atoms with Gasteiger partial charge in [0.05, 0.1) is 13.7 Å². The molecule has 188 valence electrons. The van der Waals surface area contributed by atoms with Crippen LogP contribution >= 0.6 is 0 Å². The van der Waals surface area contributed by atoms with Crippen LogP contribution in [0, 0.1) is 6.92 Å². The van der Waals surface area contributed by atoms with E-state index in [1.807, 2.05) is 0 Å². The van der Waals surface area contributed by atoms with Gasteiger partial charge in [-0.3, -0.25) is 4.79 Å². The van der Waals surface area contributed by atoms with Crippen LogP contribution in [0.2, 0.25) is 0 Å². The van der Waals surface area contributed by atoms with E-state index in [4.69, 9.17) is 18.9 Å². The largest absolute Gasteiger partial charge is 0.507 e. The van der Waals surface area contributed by atoms with E-state index in [-0.39, 0.29) is 37.2 Å². The maximum atomic E-state index is 12.2. The second kappa shape index (κ2) is 10.7. The van der Waals surface area contributed by atoms with E-state index in [1.165, 1.54) is 7.11 Å². The van der Waals surface area contributed by atoms with Gasteiger partial charge in [-0.2, -0.15) is 0 Å². The van der Waals surface area contributed by atoms with E-state index in [1.54, 1.807) is 19.9 Å². The summed E-state index contributed by atoms with van der Waals surface area (Å²) in [5.41, 5.74) is 2.67. The number of fused-ring (bicyclic) bond motifs is 1. The number of aliphatic hydroxyl groups excluding tert-OH is 4. The quantitative estimate of drug-likeness (QED) is 0.249. The van der Waals surface area contributed by atoms with Gasteiger partial charge in [0.2, 0.25) is 6.29 Å². The Balaban J connectivity index is 1.62. The number of aliphatic hydroxyl groups is 4. The van der Waals surface area contributed by atoms with Crippen molar-refractivity contribution in [3.8, 4) is 11.5 Å². The molecule has 0 saturated carbocycles. The van der Waals surface area contributed by atoms with Crippen LogP contribution in [0.1, 0.15) is 46.8 Å². The third-order valence-electron chi connectivity index (χ3n) is 6.12. The number of phenolic OH excluding ortho intramolecular Hbond substituents is 1. The zero-order valence-electron chi connectivity index (χ0n) is 19.2. The summed E-state index contributed by atoms with van der Waals surface area (Å²) in [4.78, 5) is 24.2. The zero-order valence-corrected chi connectivity index (χ0v) is 19.2. The lowest BCUT2D eigenvalue weighted by Gasteiger charge is -2.39. The van der Waals surface area contributed by atoms with E-state index in [0.717, 1.165) is 5.57 Å². The van der Waals surface area contributed by atoms with Gasteiger partial charge in [-0.05, 0) is 32.3 Å². The lowest BCUT2D eigenvalue weighted by Crippen LogP contribution is -2.59. The standard InChI is InChI=1S/C23H30O11/c1-10(5-7-15(25)34-23-20(29)19(28)18(27)14(8-24)33-23)4-6-12-17(26)16-13(9-32-22(16)30)11(2)21(12)31-3/h4,14,18-20,23-24,26-29H,5-9H2,1-3H3/b10-4+/t14?,18-,19+,20?,23+/m1/s1. The molecule has 0 bridgehead atoms. The van der Waals surface area contributed by atoms with Crippen LogP contribution in [-0.4, -0.2) is 81.9 Å². The Morgan fingerprint density at radius 1 is 1.18 bits per heavy atom. The Morgan fingerprint density at radius 2 is 1.88 bits per heavy atom. The Bertz CT molecular complexity index is 968. The van der Waals surface area contributed by atoms with Crippen LogP contribution in [0.4, 0.5) is 0 Å². The van der Waals surface area contributed by atoms with Crippen LogP contribution < -0.4 is 4.74 Å². The molecule has 3 rings (SSSR count). The molecule has 0 aliphatic carbocycles. The second-order valence-electron chi connectivity index (χ2n) is 8.36. The SMILES string of the molecule is COc1c(C)c2c(c(O)c1C/C=C(\C)CCC(=O)O[C@@H]1OC(CO)[C@@H](O)[C@H](O)C1O)C(=O)OC2. The van der Waals surface area contributed by atoms with Crippen molar-refractivity contribution in [1.29, 1.82) is 0 Å². The molecule has 11 nitrogen and oxygen atoms in total. The van der Waals surface area contributed by atoms with Gasteiger partial charge in [-0.15, -0.1) is 0 Å². The molecule has 1 aromatic rings. The van der Waals surface area contributed by atoms with Gasteiger partial charge in [-0.25, -0.2) is 4.79 Å². The minimum atomic E-state index is -1.66. The molecule has 0 spiro atoms. The smallest absolute Gasteiger partial charge is 0.342 e. The number of esters is 2. The van der Waals surface area contributed by atoms with Crippen LogP contribution in [0.25, 0.3) is 0 Å². The summed E-state index contributed by atoms with van der Waals surface area (Å²) < 4.78 is 20.7. The highest BCUT2D eigenvalue weighted by Gasteiger charge is 2.45. The van der Waals surface area contributed by atoms with E-state index in [2.05, 4.69) is 0 Å². The Labute approximate surface area is 196 Å². The number of ether oxygens (including phenoxy) is 4. The highest BCUT2D eigenvalue weighted by molar-refractivity contribution is 5.98. The van der Waals surface area contributed by atoms with E-state index in [0.29, 0.717) is 22.4 Å². The molecule has 1 fully saturated rings. The topological polar surface area (TPSA) is 172 Å². The summed E-state index contributed by atoms with van der Waals surface area (Å²) >= 11 is 0. The summed E-state index contributed by atoms with van der Waals surface area (Å²) in [6.07, 6.45) is -5.31. The van der Waals surface area contributed by atoms with Crippen molar-refractivity contribution in [3.05, 3.63) is 33.9 Å². The average Bonchev–Trinajstić information content (AvgIpc) is 3.21. The van der Waals surface area contributed by atoms with Gasteiger partial charge >= 0.3 is 11.9 Å². The van der Waals surface area contributed by atoms with Crippen molar-refractivity contribution in [3.63, 3.8) is 0 Å². The van der Waals surface area contributed by atoms with Crippen molar-refractivity contribution in [2.45, 2.75) is 70.4 Å². The number of aromatic hydroxyl groups is 1. The van der Waals surface area contributed by atoms with Crippen molar-refractivity contribution in [2.75, 3.05) is 13.7 Å². The lowest BCUT2D eigenvalue weighted by atomic mass is 9.94. The summed E-state index contributed by atoms with van der Waals surface area (Å²) in [6.45, 7) is 3.01. The first-order valence-electron chi connectivity index (χ1n) is 10.8. The fraction of sp³-hybridized carbons (Fsp3) is 0.565. The molecule has 2 aliphatic rings. The van der Waals surface area contributed by atoms with Crippen molar-refractivity contribution < 1.29 is 54.1 Å². The predicted molar refractivity (Wildman–Crippen MR) is 115 cm³/mol. The molecule has 2 aliphatic heterocycles. The highest BCUT2D eigenvalue weighted by Crippen LogP contribution is 2.42. The summed E-state index contributed by atoms with van der Waals surface area (Å²) in [5.74, 6) is -1.03. The monoisotopic (exact) mass is 482 g/mol. The Hall–Kier alpha value is -2.70. The number of rotatable bonds is 8. The van der Waals surface area contributed by atoms with Gasteiger partial charge in [0.15, 0.2) is 0 Å². The van der Waals surface area contributed by atoms with E-state index >= 15 is 0 Å². The molecule has 0 aromatic heterocycles. The highest BCUT2D eigenvalue weighted by atomic mass is 16.7. The summed E-state index contributed by atoms with van der Waals surface area (Å²) in [6, 6.07) is 0.